The predicted octanol–water partition coefficient (Wildman–Crippen LogP) is 3.74. The first-order chi connectivity index (χ1) is 12.4. The molecule has 26 heavy (non-hydrogen) atoms. The highest BCUT2D eigenvalue weighted by atomic mass is 79.9. The summed E-state index contributed by atoms with van der Waals surface area (Å²) in [6.07, 6.45) is 0. The van der Waals surface area contributed by atoms with E-state index in [2.05, 4.69) is 21.2 Å². The molecular weight excluding hydrogens is 456 g/mol. The number of thiophene rings is 1. The molecule has 3 rings (SSSR count). The van der Waals surface area contributed by atoms with Crippen molar-refractivity contribution in [3.63, 3.8) is 0 Å². The molecule has 1 aromatic heterocycles. The fourth-order valence-corrected chi connectivity index (χ4v) is 7.27. The van der Waals surface area contributed by atoms with Crippen LogP contribution >= 0.6 is 39.0 Å². The molecule has 1 fully saturated rings. The fraction of sp³-hybridized carbons (Fsp3) is 0.353. The zero-order valence-corrected chi connectivity index (χ0v) is 18.2. The summed E-state index contributed by atoms with van der Waals surface area (Å²) in [5.41, 5.74) is 0.940. The lowest BCUT2D eigenvalue weighted by molar-refractivity contribution is 0.0940. The van der Waals surface area contributed by atoms with Crippen molar-refractivity contribution < 1.29 is 13.2 Å². The van der Waals surface area contributed by atoms with Crippen LogP contribution in [0.5, 0.6) is 0 Å². The topological polar surface area (TPSA) is 66.5 Å². The number of sulfonamides is 1. The van der Waals surface area contributed by atoms with Gasteiger partial charge >= 0.3 is 0 Å². The minimum Gasteiger partial charge on any atom is -0.345 e. The Hall–Kier alpha value is -0.870. The Balaban J connectivity index is 1.81. The third-order valence-electron chi connectivity index (χ3n) is 4.14. The standard InChI is InChI=1S/C17H19BrN2O3S3/c1-12(13-4-2-3-5-14(13)18)19-17(21)16-15(6-9-25-16)26(22,23)20-7-10-24-11-8-20/h2-6,9,12H,7-8,10-11H2,1H3,(H,19,21). The number of benzene rings is 1. The van der Waals surface area contributed by atoms with Crippen molar-refractivity contribution in [1.29, 1.82) is 0 Å². The summed E-state index contributed by atoms with van der Waals surface area (Å²) in [5.74, 6) is 1.20. The van der Waals surface area contributed by atoms with Crippen molar-refractivity contribution in [1.82, 2.24) is 9.62 Å². The Morgan fingerprint density at radius 1 is 1.23 bits per heavy atom. The fourth-order valence-electron chi connectivity index (χ4n) is 2.76. The highest BCUT2D eigenvalue weighted by Crippen LogP contribution is 2.28. The summed E-state index contributed by atoms with van der Waals surface area (Å²) < 4.78 is 28.2. The first-order valence-electron chi connectivity index (χ1n) is 8.12. The van der Waals surface area contributed by atoms with Crippen LogP contribution in [0.4, 0.5) is 0 Å². The van der Waals surface area contributed by atoms with Gasteiger partial charge in [0.1, 0.15) is 9.77 Å². The molecule has 5 nitrogen and oxygen atoms in total. The smallest absolute Gasteiger partial charge is 0.263 e. The van der Waals surface area contributed by atoms with Crippen LogP contribution in [0.25, 0.3) is 0 Å². The van der Waals surface area contributed by atoms with Crippen molar-refractivity contribution in [3.8, 4) is 0 Å². The highest BCUT2D eigenvalue weighted by Gasteiger charge is 2.31. The van der Waals surface area contributed by atoms with Crippen molar-refractivity contribution in [2.45, 2.75) is 17.9 Å². The third-order valence-corrected chi connectivity index (χ3v) is 8.79. The van der Waals surface area contributed by atoms with Gasteiger partial charge < -0.3 is 5.32 Å². The lowest BCUT2D eigenvalue weighted by atomic mass is 10.1. The number of hydrogen-bond donors (Lipinski definition) is 1. The second-order valence-electron chi connectivity index (χ2n) is 5.85. The minimum atomic E-state index is -3.64. The molecule has 0 aliphatic carbocycles. The quantitative estimate of drug-likeness (QED) is 0.716. The summed E-state index contributed by atoms with van der Waals surface area (Å²) >= 11 is 6.38. The lowest BCUT2D eigenvalue weighted by Crippen LogP contribution is -2.38. The lowest BCUT2D eigenvalue weighted by Gasteiger charge is -2.25. The van der Waals surface area contributed by atoms with E-state index in [-0.39, 0.29) is 21.7 Å². The van der Waals surface area contributed by atoms with E-state index in [1.807, 2.05) is 31.2 Å². The molecule has 1 atom stereocenters. The Bertz CT molecular complexity index is 892. The number of rotatable bonds is 5. The van der Waals surface area contributed by atoms with E-state index in [1.54, 1.807) is 17.1 Å². The van der Waals surface area contributed by atoms with Gasteiger partial charge in [0, 0.05) is 29.1 Å². The van der Waals surface area contributed by atoms with Crippen molar-refractivity contribution in [3.05, 3.63) is 50.6 Å². The van der Waals surface area contributed by atoms with Crippen LogP contribution in [0.1, 0.15) is 28.2 Å². The van der Waals surface area contributed by atoms with Crippen molar-refractivity contribution >= 4 is 55.0 Å². The van der Waals surface area contributed by atoms with Gasteiger partial charge in [-0.3, -0.25) is 4.79 Å². The van der Waals surface area contributed by atoms with E-state index < -0.39 is 10.0 Å². The summed E-state index contributed by atoms with van der Waals surface area (Å²) in [5, 5.41) is 4.57. The third kappa shape index (κ3) is 4.17. The Morgan fingerprint density at radius 2 is 1.92 bits per heavy atom. The molecule has 1 saturated heterocycles. The number of hydrogen-bond acceptors (Lipinski definition) is 5. The van der Waals surface area contributed by atoms with Gasteiger partial charge in [0.25, 0.3) is 5.91 Å². The van der Waals surface area contributed by atoms with Crippen LogP contribution in [0, 0.1) is 0 Å². The Kier molecular flexibility index (Phi) is 6.45. The maximum Gasteiger partial charge on any atom is 0.263 e. The number of carbonyl (C=O) groups excluding carboxylic acids is 1. The molecule has 0 bridgehead atoms. The number of halogens is 1. The van der Waals surface area contributed by atoms with Gasteiger partial charge in [-0.15, -0.1) is 11.3 Å². The van der Waals surface area contributed by atoms with E-state index >= 15 is 0 Å². The van der Waals surface area contributed by atoms with Crippen LogP contribution in [0.15, 0.2) is 45.1 Å². The summed E-state index contributed by atoms with van der Waals surface area (Å²) in [6.45, 7) is 2.84. The molecule has 0 spiro atoms. The molecule has 2 heterocycles. The molecule has 1 amide bonds. The molecule has 1 aromatic carbocycles. The molecule has 9 heteroatoms. The largest absolute Gasteiger partial charge is 0.345 e. The summed E-state index contributed by atoms with van der Waals surface area (Å²) in [4.78, 5) is 13.1. The van der Waals surface area contributed by atoms with Gasteiger partial charge in [0.2, 0.25) is 10.0 Å². The van der Waals surface area contributed by atoms with E-state index in [0.717, 1.165) is 32.9 Å². The average molecular weight is 475 g/mol. The van der Waals surface area contributed by atoms with Gasteiger partial charge in [-0.05, 0) is 30.0 Å². The number of nitrogens with one attached hydrogen (secondary N) is 1. The van der Waals surface area contributed by atoms with Crippen LogP contribution in [-0.2, 0) is 10.0 Å². The zero-order chi connectivity index (χ0) is 18.7. The molecule has 1 unspecified atom stereocenters. The van der Waals surface area contributed by atoms with Crippen LogP contribution < -0.4 is 5.32 Å². The van der Waals surface area contributed by atoms with E-state index in [9.17, 15) is 13.2 Å². The van der Waals surface area contributed by atoms with Gasteiger partial charge in [-0.25, -0.2) is 8.42 Å². The number of thioether (sulfide) groups is 1. The SMILES string of the molecule is CC(NC(=O)c1sccc1S(=O)(=O)N1CCSCC1)c1ccccc1Br. The van der Waals surface area contributed by atoms with Crippen molar-refractivity contribution in [2.24, 2.45) is 0 Å². The predicted molar refractivity (Wildman–Crippen MR) is 110 cm³/mol. The van der Waals surface area contributed by atoms with Crippen molar-refractivity contribution in [2.75, 3.05) is 24.6 Å². The minimum absolute atomic E-state index is 0.103. The normalized spacial score (nSPS) is 17.0. The first kappa shape index (κ1) is 19.9. The van der Waals surface area contributed by atoms with E-state index in [1.165, 1.54) is 10.4 Å². The number of nitrogens with zero attached hydrogens (tertiary/aromatic N) is 1. The average Bonchev–Trinajstić information content (AvgIpc) is 3.13. The van der Waals surface area contributed by atoms with Crippen LogP contribution in [0.3, 0.4) is 0 Å². The number of carbonyl (C=O) groups is 1. The first-order valence-corrected chi connectivity index (χ1v) is 12.4. The second-order valence-corrected chi connectivity index (χ2v) is 10.7. The Morgan fingerprint density at radius 3 is 2.62 bits per heavy atom. The molecule has 140 valence electrons. The summed E-state index contributed by atoms with van der Waals surface area (Å²) in [6, 6.07) is 8.92. The maximum absolute atomic E-state index is 12.9. The highest BCUT2D eigenvalue weighted by molar-refractivity contribution is 9.10. The molecular formula is C17H19BrN2O3S3. The zero-order valence-electron chi connectivity index (χ0n) is 14.1. The maximum atomic E-state index is 12.9. The second kappa shape index (κ2) is 8.43. The van der Waals surface area contributed by atoms with Gasteiger partial charge in [-0.1, -0.05) is 34.1 Å². The molecule has 2 aromatic rings. The molecule has 0 saturated carbocycles. The van der Waals surface area contributed by atoms with Crippen LogP contribution in [-0.4, -0.2) is 43.2 Å². The number of amides is 1. The van der Waals surface area contributed by atoms with E-state index in [4.69, 9.17) is 0 Å². The van der Waals surface area contributed by atoms with Crippen LogP contribution in [0.2, 0.25) is 0 Å². The van der Waals surface area contributed by atoms with Gasteiger partial charge in [-0.2, -0.15) is 16.1 Å². The van der Waals surface area contributed by atoms with E-state index in [0.29, 0.717) is 13.1 Å². The molecule has 1 aliphatic rings. The molecule has 1 aliphatic heterocycles. The summed E-state index contributed by atoms with van der Waals surface area (Å²) in [7, 11) is -3.64. The molecule has 0 radical (unpaired) electrons. The molecule has 1 N–H and O–H groups in total. The van der Waals surface area contributed by atoms with Gasteiger partial charge in [0.15, 0.2) is 0 Å². The monoisotopic (exact) mass is 474 g/mol. The Labute approximate surface area is 170 Å². The van der Waals surface area contributed by atoms with Gasteiger partial charge in [0.05, 0.1) is 6.04 Å².